The first-order valence-electron chi connectivity index (χ1n) is 7.61. The highest BCUT2D eigenvalue weighted by molar-refractivity contribution is 5.79. The molecule has 4 nitrogen and oxygen atoms in total. The van der Waals surface area contributed by atoms with Gasteiger partial charge in [0.1, 0.15) is 0 Å². The zero-order valence-corrected chi connectivity index (χ0v) is 11.8. The summed E-state index contributed by atoms with van der Waals surface area (Å²) < 4.78 is 0. The smallest absolute Gasteiger partial charge is 0.224 e. The minimum absolute atomic E-state index is 0.182. The van der Waals surface area contributed by atoms with Crippen molar-refractivity contribution in [2.24, 2.45) is 11.8 Å². The fraction of sp³-hybridized carbons (Fsp3) is 0.562. The second-order valence-electron chi connectivity index (χ2n) is 5.87. The van der Waals surface area contributed by atoms with E-state index in [9.17, 15) is 4.79 Å². The van der Waals surface area contributed by atoms with Gasteiger partial charge in [0.25, 0.3) is 0 Å². The van der Waals surface area contributed by atoms with Gasteiger partial charge in [0.15, 0.2) is 0 Å². The van der Waals surface area contributed by atoms with Crippen LogP contribution in [0, 0.1) is 11.8 Å². The van der Waals surface area contributed by atoms with Crippen molar-refractivity contribution < 1.29 is 4.79 Å². The molecule has 2 saturated heterocycles. The maximum atomic E-state index is 12.0. The van der Waals surface area contributed by atoms with Crippen molar-refractivity contribution in [2.45, 2.75) is 12.8 Å². The Kier molecular flexibility index (Phi) is 4.21. The first-order chi connectivity index (χ1) is 9.83. The van der Waals surface area contributed by atoms with Crippen LogP contribution in [0.2, 0.25) is 0 Å². The lowest BCUT2D eigenvalue weighted by molar-refractivity contribution is -0.124. The van der Waals surface area contributed by atoms with Gasteiger partial charge in [-0.15, -0.1) is 0 Å². The quantitative estimate of drug-likeness (QED) is 0.867. The van der Waals surface area contributed by atoms with E-state index in [4.69, 9.17) is 0 Å². The van der Waals surface area contributed by atoms with E-state index in [2.05, 4.69) is 39.8 Å². The lowest BCUT2D eigenvalue weighted by atomic mass is 10.1. The van der Waals surface area contributed by atoms with Crippen LogP contribution in [0.5, 0.6) is 0 Å². The van der Waals surface area contributed by atoms with Gasteiger partial charge in [-0.1, -0.05) is 18.2 Å². The minimum Gasteiger partial charge on any atom is -0.371 e. The Bertz CT molecular complexity index is 442. The molecular formula is C16H23N3O. The summed E-state index contributed by atoms with van der Waals surface area (Å²) in [6.07, 6.45) is 2.14. The molecule has 0 aliphatic carbocycles. The van der Waals surface area contributed by atoms with Crippen LogP contribution in [0.4, 0.5) is 5.69 Å². The maximum absolute atomic E-state index is 12.0. The zero-order chi connectivity index (χ0) is 13.8. The van der Waals surface area contributed by atoms with Crippen LogP contribution in [0.1, 0.15) is 12.8 Å². The van der Waals surface area contributed by atoms with E-state index in [0.717, 1.165) is 45.6 Å². The van der Waals surface area contributed by atoms with Crippen LogP contribution in [0.25, 0.3) is 0 Å². The molecule has 1 amide bonds. The number of anilines is 1. The fourth-order valence-corrected chi connectivity index (χ4v) is 3.14. The number of hydrogen-bond donors (Lipinski definition) is 2. The van der Waals surface area contributed by atoms with Crippen molar-refractivity contribution in [3.63, 3.8) is 0 Å². The number of nitrogens with zero attached hydrogens (tertiary/aromatic N) is 1. The average Bonchev–Trinajstić information content (AvgIpc) is 3.17. The molecule has 0 aromatic heterocycles. The lowest BCUT2D eigenvalue weighted by Crippen LogP contribution is -2.36. The van der Waals surface area contributed by atoms with Crippen LogP contribution in [-0.2, 0) is 4.79 Å². The van der Waals surface area contributed by atoms with Crippen LogP contribution in [-0.4, -0.2) is 38.6 Å². The van der Waals surface area contributed by atoms with Crippen molar-refractivity contribution in [1.29, 1.82) is 0 Å². The largest absolute Gasteiger partial charge is 0.371 e. The highest BCUT2D eigenvalue weighted by Crippen LogP contribution is 2.23. The van der Waals surface area contributed by atoms with Gasteiger partial charge in [-0.2, -0.15) is 0 Å². The van der Waals surface area contributed by atoms with E-state index in [1.165, 1.54) is 5.69 Å². The molecule has 2 unspecified atom stereocenters. The van der Waals surface area contributed by atoms with Crippen molar-refractivity contribution in [1.82, 2.24) is 10.6 Å². The van der Waals surface area contributed by atoms with E-state index in [1.54, 1.807) is 0 Å². The van der Waals surface area contributed by atoms with Crippen molar-refractivity contribution >= 4 is 11.6 Å². The van der Waals surface area contributed by atoms with E-state index >= 15 is 0 Å². The van der Waals surface area contributed by atoms with Crippen molar-refractivity contribution in [2.75, 3.05) is 37.6 Å². The van der Waals surface area contributed by atoms with Gasteiger partial charge >= 0.3 is 0 Å². The third-order valence-corrected chi connectivity index (χ3v) is 4.40. The first kappa shape index (κ1) is 13.4. The second-order valence-corrected chi connectivity index (χ2v) is 5.87. The predicted octanol–water partition coefficient (Wildman–Crippen LogP) is 1.24. The highest BCUT2D eigenvalue weighted by Gasteiger charge is 2.26. The summed E-state index contributed by atoms with van der Waals surface area (Å²) in [6.45, 7) is 4.78. The minimum atomic E-state index is 0.182. The SMILES string of the molecule is O=C(NCC1CCN(c2ccccc2)C1)C1CCNC1. The second kappa shape index (κ2) is 6.27. The number of hydrogen-bond acceptors (Lipinski definition) is 3. The van der Waals surface area contributed by atoms with E-state index in [1.807, 2.05) is 6.07 Å². The maximum Gasteiger partial charge on any atom is 0.224 e. The topological polar surface area (TPSA) is 44.4 Å². The summed E-state index contributed by atoms with van der Waals surface area (Å²) in [5.74, 6) is 0.989. The Balaban J connectivity index is 1.45. The molecule has 2 atom stereocenters. The van der Waals surface area contributed by atoms with Gasteiger partial charge in [-0.05, 0) is 37.4 Å². The standard InChI is InChI=1S/C16H23N3O/c20-16(14-6-8-17-11-14)18-10-13-7-9-19(12-13)15-4-2-1-3-5-15/h1-5,13-14,17H,6-12H2,(H,18,20). The number of rotatable bonds is 4. The highest BCUT2D eigenvalue weighted by atomic mass is 16.1. The summed E-state index contributed by atoms with van der Waals surface area (Å²) in [6, 6.07) is 10.5. The molecule has 1 aromatic rings. The number of carbonyl (C=O) groups is 1. The number of carbonyl (C=O) groups excluding carboxylic acids is 1. The van der Waals surface area contributed by atoms with Gasteiger partial charge < -0.3 is 15.5 Å². The van der Waals surface area contributed by atoms with Crippen molar-refractivity contribution in [3.8, 4) is 0 Å². The van der Waals surface area contributed by atoms with Crippen LogP contribution in [0.15, 0.2) is 30.3 Å². The molecule has 108 valence electrons. The molecule has 2 heterocycles. The number of nitrogens with one attached hydrogen (secondary N) is 2. The molecule has 0 bridgehead atoms. The normalized spacial score (nSPS) is 25.9. The Labute approximate surface area is 120 Å². The zero-order valence-electron chi connectivity index (χ0n) is 11.8. The molecule has 20 heavy (non-hydrogen) atoms. The molecule has 0 saturated carbocycles. The molecule has 1 aromatic carbocycles. The Hall–Kier alpha value is -1.55. The number of para-hydroxylation sites is 1. The molecule has 2 aliphatic heterocycles. The third-order valence-electron chi connectivity index (χ3n) is 4.40. The molecule has 2 N–H and O–H groups in total. The number of amides is 1. The van der Waals surface area contributed by atoms with Gasteiger partial charge in [0.05, 0.1) is 5.92 Å². The van der Waals surface area contributed by atoms with Gasteiger partial charge in [0.2, 0.25) is 5.91 Å². The summed E-state index contributed by atoms with van der Waals surface area (Å²) in [5.41, 5.74) is 1.29. The molecule has 2 aliphatic rings. The average molecular weight is 273 g/mol. The van der Waals surface area contributed by atoms with Crippen LogP contribution >= 0.6 is 0 Å². The van der Waals surface area contributed by atoms with E-state index in [-0.39, 0.29) is 11.8 Å². The molecule has 0 radical (unpaired) electrons. The summed E-state index contributed by atoms with van der Waals surface area (Å²) in [7, 11) is 0. The first-order valence-corrected chi connectivity index (χ1v) is 7.61. The van der Waals surface area contributed by atoms with Gasteiger partial charge in [-0.25, -0.2) is 0 Å². The Morgan fingerprint density at radius 1 is 1.30 bits per heavy atom. The predicted molar refractivity (Wildman–Crippen MR) is 80.7 cm³/mol. The third kappa shape index (κ3) is 3.12. The molecule has 4 heteroatoms. The Morgan fingerprint density at radius 2 is 2.15 bits per heavy atom. The number of benzene rings is 1. The summed E-state index contributed by atoms with van der Waals surface area (Å²) in [4.78, 5) is 14.4. The fourth-order valence-electron chi connectivity index (χ4n) is 3.14. The molecular weight excluding hydrogens is 250 g/mol. The molecule has 0 spiro atoms. The van der Waals surface area contributed by atoms with Crippen molar-refractivity contribution in [3.05, 3.63) is 30.3 Å². The lowest BCUT2D eigenvalue weighted by Gasteiger charge is -2.19. The Morgan fingerprint density at radius 3 is 2.90 bits per heavy atom. The summed E-state index contributed by atoms with van der Waals surface area (Å²) in [5, 5.41) is 6.37. The van der Waals surface area contributed by atoms with Crippen LogP contribution in [0.3, 0.4) is 0 Å². The monoisotopic (exact) mass is 273 g/mol. The van der Waals surface area contributed by atoms with E-state index < -0.39 is 0 Å². The summed E-state index contributed by atoms with van der Waals surface area (Å²) >= 11 is 0. The van der Waals surface area contributed by atoms with Gasteiger partial charge in [0, 0.05) is 31.9 Å². The van der Waals surface area contributed by atoms with Gasteiger partial charge in [-0.3, -0.25) is 4.79 Å². The van der Waals surface area contributed by atoms with E-state index in [0.29, 0.717) is 5.92 Å². The molecule has 2 fully saturated rings. The van der Waals surface area contributed by atoms with Crippen LogP contribution < -0.4 is 15.5 Å². The molecule has 3 rings (SSSR count).